The van der Waals surface area contributed by atoms with Gasteiger partial charge in [0.2, 0.25) is 11.5 Å². The Bertz CT molecular complexity index is 347. The van der Waals surface area contributed by atoms with E-state index in [1.807, 2.05) is 0 Å². The number of rotatable bonds is 0. The van der Waals surface area contributed by atoms with Crippen molar-refractivity contribution in [1.29, 1.82) is 0 Å². The maximum absolute atomic E-state index is 11.6. The van der Waals surface area contributed by atoms with E-state index in [4.69, 9.17) is 4.74 Å². The Balaban J connectivity index is 2.47. The van der Waals surface area contributed by atoms with Crippen molar-refractivity contribution in [2.75, 3.05) is 0 Å². The van der Waals surface area contributed by atoms with Gasteiger partial charge in [-0.2, -0.15) is 0 Å². The molecule has 2 amide bonds. The average Bonchev–Trinajstić information content (AvgIpc) is 2.53. The summed E-state index contributed by atoms with van der Waals surface area (Å²) in [6, 6.07) is 0. The van der Waals surface area contributed by atoms with Crippen LogP contribution in [0.5, 0.6) is 0 Å². The zero-order valence-corrected chi connectivity index (χ0v) is 8.05. The molecule has 0 aromatic heterocycles. The van der Waals surface area contributed by atoms with E-state index in [2.05, 4.69) is 5.32 Å². The van der Waals surface area contributed by atoms with Crippen LogP contribution in [0.3, 0.4) is 0 Å². The SMILES string of the molecule is CC1(C)C(=O)NC(=O)C12CCC(=O)O2. The van der Waals surface area contributed by atoms with Gasteiger partial charge in [-0.05, 0) is 13.8 Å². The third-order valence-corrected chi connectivity index (χ3v) is 3.14. The normalized spacial score (nSPS) is 34.9. The molecule has 1 spiro atoms. The van der Waals surface area contributed by atoms with E-state index in [9.17, 15) is 14.4 Å². The molecule has 5 nitrogen and oxygen atoms in total. The number of amides is 2. The first kappa shape index (κ1) is 9.18. The smallest absolute Gasteiger partial charge is 0.307 e. The highest BCUT2D eigenvalue weighted by molar-refractivity contribution is 6.12. The van der Waals surface area contributed by atoms with Crippen LogP contribution in [0.1, 0.15) is 26.7 Å². The summed E-state index contributed by atoms with van der Waals surface area (Å²) < 4.78 is 5.04. The fourth-order valence-electron chi connectivity index (χ4n) is 2.00. The molecule has 14 heavy (non-hydrogen) atoms. The van der Waals surface area contributed by atoms with E-state index in [-0.39, 0.29) is 18.7 Å². The maximum Gasteiger partial charge on any atom is 0.307 e. The van der Waals surface area contributed by atoms with Crippen molar-refractivity contribution in [2.45, 2.75) is 32.3 Å². The van der Waals surface area contributed by atoms with E-state index in [0.717, 1.165) is 0 Å². The van der Waals surface area contributed by atoms with Crippen molar-refractivity contribution < 1.29 is 19.1 Å². The van der Waals surface area contributed by atoms with Crippen molar-refractivity contribution in [1.82, 2.24) is 5.32 Å². The first-order valence-electron chi connectivity index (χ1n) is 4.48. The summed E-state index contributed by atoms with van der Waals surface area (Å²) in [5.41, 5.74) is -2.22. The lowest BCUT2D eigenvalue weighted by molar-refractivity contribution is -0.164. The molecule has 0 bridgehead atoms. The van der Waals surface area contributed by atoms with Crippen LogP contribution in [0, 0.1) is 5.41 Å². The minimum atomic E-state index is -1.26. The largest absolute Gasteiger partial charge is 0.448 e. The van der Waals surface area contributed by atoms with Gasteiger partial charge in [-0.15, -0.1) is 0 Å². The maximum atomic E-state index is 11.6. The minimum Gasteiger partial charge on any atom is -0.448 e. The average molecular weight is 197 g/mol. The van der Waals surface area contributed by atoms with Crippen LogP contribution in [0.25, 0.3) is 0 Å². The number of nitrogens with one attached hydrogen (secondary N) is 1. The quantitative estimate of drug-likeness (QED) is 0.429. The Kier molecular flexibility index (Phi) is 1.54. The minimum absolute atomic E-state index is 0.199. The number of carbonyl (C=O) groups excluding carboxylic acids is 3. The molecule has 0 aromatic rings. The predicted molar refractivity (Wildman–Crippen MR) is 45.0 cm³/mol. The molecule has 1 atom stereocenters. The summed E-state index contributed by atoms with van der Waals surface area (Å²) >= 11 is 0. The van der Waals surface area contributed by atoms with Crippen molar-refractivity contribution in [3.63, 3.8) is 0 Å². The van der Waals surface area contributed by atoms with Gasteiger partial charge in [-0.25, -0.2) is 0 Å². The molecular weight excluding hydrogens is 186 g/mol. The Morgan fingerprint density at radius 3 is 2.21 bits per heavy atom. The molecule has 2 heterocycles. The number of hydrogen-bond donors (Lipinski definition) is 1. The van der Waals surface area contributed by atoms with Crippen molar-refractivity contribution >= 4 is 17.8 Å². The Hall–Kier alpha value is -1.39. The van der Waals surface area contributed by atoms with Crippen LogP contribution >= 0.6 is 0 Å². The van der Waals surface area contributed by atoms with E-state index in [1.165, 1.54) is 0 Å². The van der Waals surface area contributed by atoms with Gasteiger partial charge < -0.3 is 4.74 Å². The summed E-state index contributed by atoms with van der Waals surface area (Å²) in [7, 11) is 0. The third kappa shape index (κ3) is 0.818. The molecule has 2 rings (SSSR count). The number of imide groups is 1. The Morgan fingerprint density at radius 1 is 1.21 bits per heavy atom. The molecule has 1 N–H and O–H groups in total. The van der Waals surface area contributed by atoms with Gasteiger partial charge in [0.15, 0.2) is 0 Å². The molecule has 1 unspecified atom stereocenters. The van der Waals surface area contributed by atoms with Crippen LogP contribution in [0.2, 0.25) is 0 Å². The van der Waals surface area contributed by atoms with Crippen LogP contribution < -0.4 is 5.32 Å². The lowest BCUT2D eigenvalue weighted by atomic mass is 9.75. The molecule has 2 aliphatic rings. The van der Waals surface area contributed by atoms with Gasteiger partial charge >= 0.3 is 5.97 Å². The first-order valence-corrected chi connectivity index (χ1v) is 4.48. The highest BCUT2D eigenvalue weighted by atomic mass is 16.6. The lowest BCUT2D eigenvalue weighted by Gasteiger charge is -2.30. The molecule has 76 valence electrons. The molecule has 2 fully saturated rings. The Morgan fingerprint density at radius 2 is 1.86 bits per heavy atom. The van der Waals surface area contributed by atoms with Gasteiger partial charge in [-0.1, -0.05) is 0 Å². The molecule has 5 heteroatoms. The summed E-state index contributed by atoms with van der Waals surface area (Å²) in [5.74, 6) is -1.28. The third-order valence-electron chi connectivity index (χ3n) is 3.14. The van der Waals surface area contributed by atoms with E-state index < -0.39 is 22.9 Å². The summed E-state index contributed by atoms with van der Waals surface area (Å²) in [5, 5.41) is 2.21. The predicted octanol–water partition coefficient (Wildman–Crippen LogP) is -0.255. The fourth-order valence-corrected chi connectivity index (χ4v) is 2.00. The zero-order valence-electron chi connectivity index (χ0n) is 8.05. The molecule has 0 aliphatic carbocycles. The van der Waals surface area contributed by atoms with Gasteiger partial charge in [0, 0.05) is 12.8 Å². The second kappa shape index (κ2) is 2.34. The summed E-state index contributed by atoms with van der Waals surface area (Å²) in [6.07, 6.45) is 0.487. The molecule has 2 aliphatic heterocycles. The number of ether oxygens (including phenoxy) is 1. The first-order chi connectivity index (χ1) is 6.40. The van der Waals surface area contributed by atoms with Crippen LogP contribution in [0.15, 0.2) is 0 Å². The number of hydrogen-bond acceptors (Lipinski definition) is 4. The lowest BCUT2D eigenvalue weighted by Crippen LogP contribution is -2.47. The van der Waals surface area contributed by atoms with Crippen molar-refractivity contribution in [3.05, 3.63) is 0 Å². The van der Waals surface area contributed by atoms with Crippen LogP contribution in [-0.4, -0.2) is 23.4 Å². The standard InChI is InChI=1S/C9H11NO4/c1-8(2)6(12)10-7(13)9(8)4-3-5(11)14-9/h3-4H2,1-2H3,(H,10,12,13). The van der Waals surface area contributed by atoms with Gasteiger partial charge in [0.25, 0.3) is 5.91 Å². The zero-order chi connectivity index (χ0) is 10.6. The van der Waals surface area contributed by atoms with E-state index in [1.54, 1.807) is 13.8 Å². The molecule has 2 saturated heterocycles. The fraction of sp³-hybridized carbons (Fsp3) is 0.667. The molecule has 0 aromatic carbocycles. The van der Waals surface area contributed by atoms with Crippen LogP contribution in [0.4, 0.5) is 0 Å². The van der Waals surface area contributed by atoms with E-state index in [0.29, 0.717) is 0 Å². The van der Waals surface area contributed by atoms with Crippen molar-refractivity contribution in [2.24, 2.45) is 5.41 Å². The second-order valence-electron chi connectivity index (χ2n) is 4.21. The van der Waals surface area contributed by atoms with Gasteiger partial charge in [-0.3, -0.25) is 19.7 Å². The van der Waals surface area contributed by atoms with Gasteiger partial charge in [0.1, 0.15) is 0 Å². The van der Waals surface area contributed by atoms with Gasteiger partial charge in [0.05, 0.1) is 5.41 Å². The second-order valence-corrected chi connectivity index (χ2v) is 4.21. The van der Waals surface area contributed by atoms with E-state index >= 15 is 0 Å². The monoisotopic (exact) mass is 197 g/mol. The summed E-state index contributed by atoms with van der Waals surface area (Å²) in [4.78, 5) is 34.0. The topological polar surface area (TPSA) is 72.5 Å². The molecule has 0 saturated carbocycles. The number of carbonyl (C=O) groups is 3. The summed E-state index contributed by atoms with van der Waals surface area (Å²) in [6.45, 7) is 3.23. The van der Waals surface area contributed by atoms with Crippen LogP contribution in [-0.2, 0) is 19.1 Å². The molecular formula is C9H11NO4. The highest BCUT2D eigenvalue weighted by Gasteiger charge is 2.66. The Labute approximate surface area is 80.8 Å². The number of esters is 1. The highest BCUT2D eigenvalue weighted by Crippen LogP contribution is 2.46. The van der Waals surface area contributed by atoms with Crippen molar-refractivity contribution in [3.8, 4) is 0 Å². The molecule has 0 radical (unpaired) electrons.